The number of nitrogens with one attached hydrogen (secondary N) is 5. The monoisotopic (exact) mass is 1050 g/mol. The van der Waals surface area contributed by atoms with Crippen LogP contribution in [0.25, 0.3) is 16.3 Å². The van der Waals surface area contributed by atoms with Crippen LogP contribution >= 0.6 is 0 Å². The SMILES string of the molecule is C=C(c1ccc2ccccc2c1)[C@H](NC(=O)[C@H]1CC[C@H](CNC(=O)CN2CCN(CC(=O)O)CCN(CC(=O)O)CCN(CC(=O)O)CC2)CC1)C(=O)NCCCC[C@H](NC(=O)N[C@@H](CCC(=O)O)C(=O)O)C(=O)O. The van der Waals surface area contributed by atoms with Crippen LogP contribution in [0.3, 0.4) is 0 Å². The molecule has 25 heteroatoms. The number of carbonyl (C=O) groups is 10. The second kappa shape index (κ2) is 30.9. The Morgan fingerprint density at radius 1 is 0.560 bits per heavy atom. The summed E-state index contributed by atoms with van der Waals surface area (Å²) in [7, 11) is 0. The Labute approximate surface area is 433 Å². The zero-order valence-electron chi connectivity index (χ0n) is 42.0. The van der Waals surface area contributed by atoms with Gasteiger partial charge in [0, 0.05) is 77.8 Å². The van der Waals surface area contributed by atoms with Gasteiger partial charge in [0.1, 0.15) is 18.1 Å². The van der Waals surface area contributed by atoms with Crippen molar-refractivity contribution in [2.75, 3.05) is 91.6 Å². The van der Waals surface area contributed by atoms with Crippen LogP contribution in [-0.2, 0) is 43.2 Å². The number of carbonyl (C=O) groups excluding carboxylic acids is 4. The second-order valence-electron chi connectivity index (χ2n) is 19.0. The molecule has 0 unspecified atom stereocenters. The van der Waals surface area contributed by atoms with E-state index in [1.165, 1.54) is 0 Å². The summed E-state index contributed by atoms with van der Waals surface area (Å²) in [4.78, 5) is 130. The summed E-state index contributed by atoms with van der Waals surface area (Å²) >= 11 is 0. The van der Waals surface area contributed by atoms with E-state index in [1.807, 2.05) is 41.3 Å². The number of urea groups is 1. The van der Waals surface area contributed by atoms with E-state index in [1.54, 1.807) is 20.8 Å². The molecule has 2 fully saturated rings. The Morgan fingerprint density at radius 2 is 1.05 bits per heavy atom. The maximum atomic E-state index is 13.9. The minimum Gasteiger partial charge on any atom is -0.481 e. The van der Waals surface area contributed by atoms with E-state index in [0.717, 1.165) is 10.8 Å². The number of aliphatic carboxylic acids is 6. The summed E-state index contributed by atoms with van der Waals surface area (Å²) in [6, 6.07) is 7.86. The van der Waals surface area contributed by atoms with Gasteiger partial charge in [-0.05, 0) is 85.3 Å². The van der Waals surface area contributed by atoms with Gasteiger partial charge in [-0.2, -0.15) is 0 Å². The first-order valence-electron chi connectivity index (χ1n) is 25.0. The highest BCUT2D eigenvalue weighted by Crippen LogP contribution is 2.30. The lowest BCUT2D eigenvalue weighted by atomic mass is 9.81. The third-order valence-electron chi connectivity index (χ3n) is 13.3. The fourth-order valence-corrected chi connectivity index (χ4v) is 8.99. The van der Waals surface area contributed by atoms with Crippen molar-refractivity contribution in [3.63, 3.8) is 0 Å². The molecule has 4 rings (SSSR count). The zero-order chi connectivity index (χ0) is 55.0. The third kappa shape index (κ3) is 22.0. The molecule has 2 aromatic carbocycles. The maximum Gasteiger partial charge on any atom is 0.326 e. The Kier molecular flexibility index (Phi) is 24.8. The lowest BCUT2D eigenvalue weighted by Crippen LogP contribution is -2.51. The van der Waals surface area contributed by atoms with Crippen molar-refractivity contribution in [1.82, 2.24) is 46.2 Å². The van der Waals surface area contributed by atoms with Gasteiger partial charge in [-0.15, -0.1) is 0 Å². The molecule has 11 N–H and O–H groups in total. The number of rotatable bonds is 27. The Balaban J connectivity index is 1.32. The van der Waals surface area contributed by atoms with E-state index in [9.17, 15) is 73.5 Å². The van der Waals surface area contributed by atoms with E-state index in [-0.39, 0.29) is 109 Å². The normalized spacial score (nSPS) is 18.6. The van der Waals surface area contributed by atoms with Crippen LogP contribution in [0.15, 0.2) is 49.0 Å². The topological polar surface area (TPSA) is 365 Å². The third-order valence-corrected chi connectivity index (χ3v) is 13.3. The molecular formula is C50H71N9O16. The van der Waals surface area contributed by atoms with Crippen LogP contribution in [-0.4, -0.2) is 220 Å². The predicted octanol–water partition coefficient (Wildman–Crippen LogP) is 0.0927. The van der Waals surface area contributed by atoms with Crippen LogP contribution in [0.2, 0.25) is 0 Å². The Morgan fingerprint density at radius 3 is 1.55 bits per heavy atom. The number of carboxylic acid groups (broad SMARTS) is 6. The zero-order valence-corrected chi connectivity index (χ0v) is 42.0. The molecule has 5 amide bonds. The standard InChI is InChI=1S/C50H71N9O16/c1-32(36-14-13-34-6-2-3-7-37(34)26-36)45(47(70)51-17-5-4-8-38(48(71)72)53-50(75)54-39(49(73)74)15-16-41(61)62)55-46(69)35-11-9-33(10-12-35)27-52-40(60)28-56-18-20-57(29-42(63)64)22-24-59(31-44(67)68)25-23-58(21-19-56)30-43(65)66/h2-3,6-7,13-14,26,33,35,38-39,45H,1,4-5,8-12,15-25,27-31H2,(H,51,70)(H,52,60)(H,55,69)(H,61,62)(H,63,64)(H,65,66)(H,67,68)(H,71,72)(H,73,74)(H2,53,54,75)/t33-,35-,38-,39-,45-/m0/s1. The van der Waals surface area contributed by atoms with Crippen LogP contribution in [0.4, 0.5) is 4.79 Å². The van der Waals surface area contributed by atoms with Gasteiger partial charge in [0.25, 0.3) is 0 Å². The first-order valence-corrected chi connectivity index (χ1v) is 25.0. The van der Waals surface area contributed by atoms with Crippen molar-refractivity contribution in [2.45, 2.75) is 75.9 Å². The molecule has 412 valence electrons. The van der Waals surface area contributed by atoms with Gasteiger partial charge in [-0.25, -0.2) is 14.4 Å². The molecule has 1 aliphatic heterocycles. The van der Waals surface area contributed by atoms with Gasteiger partial charge in [0.05, 0.1) is 26.2 Å². The summed E-state index contributed by atoms with van der Waals surface area (Å²) in [5.41, 5.74) is 0.943. The van der Waals surface area contributed by atoms with Gasteiger partial charge in [0.2, 0.25) is 17.7 Å². The molecule has 0 spiro atoms. The highest BCUT2D eigenvalue weighted by atomic mass is 16.4. The van der Waals surface area contributed by atoms with Crippen LogP contribution in [0.1, 0.15) is 63.4 Å². The molecule has 2 aromatic rings. The molecule has 0 radical (unpaired) electrons. The first-order chi connectivity index (χ1) is 35.7. The summed E-state index contributed by atoms with van der Waals surface area (Å²) in [5, 5.41) is 71.2. The number of benzene rings is 2. The molecule has 3 atom stereocenters. The largest absolute Gasteiger partial charge is 0.481 e. The lowest BCUT2D eigenvalue weighted by molar-refractivity contribution is -0.141. The molecular weight excluding hydrogens is 983 g/mol. The van der Waals surface area contributed by atoms with Gasteiger partial charge < -0.3 is 57.2 Å². The van der Waals surface area contributed by atoms with Crippen molar-refractivity contribution in [1.29, 1.82) is 0 Å². The molecule has 75 heavy (non-hydrogen) atoms. The van der Waals surface area contributed by atoms with E-state index in [0.29, 0.717) is 56.5 Å². The van der Waals surface area contributed by atoms with Crippen molar-refractivity contribution in [2.24, 2.45) is 11.8 Å². The number of hydrogen-bond acceptors (Lipinski definition) is 14. The van der Waals surface area contributed by atoms with Crippen LogP contribution in [0, 0.1) is 11.8 Å². The fourth-order valence-electron chi connectivity index (χ4n) is 8.99. The summed E-state index contributed by atoms with van der Waals surface area (Å²) in [6.07, 6.45) is 1.52. The summed E-state index contributed by atoms with van der Waals surface area (Å²) < 4.78 is 0. The first kappa shape index (κ1) is 60.3. The maximum absolute atomic E-state index is 13.9. The van der Waals surface area contributed by atoms with E-state index in [4.69, 9.17) is 5.11 Å². The predicted molar refractivity (Wildman–Crippen MR) is 270 cm³/mol. The van der Waals surface area contributed by atoms with Crippen molar-refractivity contribution >= 4 is 75.9 Å². The van der Waals surface area contributed by atoms with Gasteiger partial charge >= 0.3 is 41.8 Å². The van der Waals surface area contributed by atoms with Crippen molar-refractivity contribution in [3.05, 3.63) is 54.6 Å². The summed E-state index contributed by atoms with van der Waals surface area (Å²) in [5.74, 6) is -8.95. The highest BCUT2D eigenvalue weighted by molar-refractivity contribution is 6.00. The van der Waals surface area contributed by atoms with E-state index < -0.39 is 84.6 Å². The van der Waals surface area contributed by atoms with Gasteiger partial charge in [-0.1, -0.05) is 43.0 Å². The molecule has 25 nitrogen and oxygen atoms in total. The molecule has 1 saturated heterocycles. The van der Waals surface area contributed by atoms with Crippen LogP contribution in [0.5, 0.6) is 0 Å². The average Bonchev–Trinajstić information content (AvgIpc) is 3.35. The molecule has 0 bridgehead atoms. The second-order valence-corrected chi connectivity index (χ2v) is 19.0. The average molecular weight is 1050 g/mol. The molecule has 2 aliphatic rings. The van der Waals surface area contributed by atoms with Crippen LogP contribution < -0.4 is 26.6 Å². The highest BCUT2D eigenvalue weighted by Gasteiger charge is 2.32. The van der Waals surface area contributed by atoms with E-state index in [2.05, 4.69) is 33.2 Å². The minimum atomic E-state index is -1.56. The Bertz CT molecular complexity index is 2310. The number of hydrogen-bond donors (Lipinski definition) is 11. The Hall–Kier alpha value is -7.22. The van der Waals surface area contributed by atoms with Crippen molar-refractivity contribution < 1.29 is 78.6 Å². The molecule has 1 saturated carbocycles. The number of nitrogens with zero attached hydrogens (tertiary/aromatic N) is 4. The van der Waals surface area contributed by atoms with Gasteiger partial charge in [0.15, 0.2) is 0 Å². The lowest BCUT2D eigenvalue weighted by Gasteiger charge is -2.33. The fraction of sp³-hybridized carbons (Fsp3) is 0.560. The number of fused-ring (bicyclic) bond motifs is 1. The van der Waals surface area contributed by atoms with Crippen molar-refractivity contribution in [3.8, 4) is 0 Å². The molecule has 1 aliphatic carbocycles. The molecule has 0 aromatic heterocycles. The van der Waals surface area contributed by atoms with Gasteiger partial charge in [-0.3, -0.25) is 53.2 Å². The summed E-state index contributed by atoms with van der Waals surface area (Å²) in [6.45, 7) is 5.80. The quantitative estimate of drug-likeness (QED) is 0.0528. The number of amides is 5. The smallest absolute Gasteiger partial charge is 0.326 e. The minimum absolute atomic E-state index is 0.0383. The number of unbranched alkanes of at least 4 members (excludes halogenated alkanes) is 1. The number of carboxylic acids is 6. The van der Waals surface area contributed by atoms with E-state index >= 15 is 0 Å². The molecule has 1 heterocycles.